The van der Waals surface area contributed by atoms with Gasteiger partial charge in [-0.25, -0.2) is 13.8 Å². The zero-order chi connectivity index (χ0) is 21.1. The molecule has 6 nitrogen and oxygen atoms in total. The summed E-state index contributed by atoms with van der Waals surface area (Å²) in [6, 6.07) is 13.1. The van der Waals surface area contributed by atoms with Gasteiger partial charge in [-0.1, -0.05) is 23.9 Å². The third-order valence-corrected chi connectivity index (χ3v) is 5.07. The van der Waals surface area contributed by atoms with Crippen molar-refractivity contribution in [2.75, 3.05) is 11.1 Å². The fourth-order valence-electron chi connectivity index (χ4n) is 2.88. The average Bonchev–Trinajstić information content (AvgIpc) is 2.72. The fourth-order valence-corrected chi connectivity index (χ4v) is 3.69. The summed E-state index contributed by atoms with van der Waals surface area (Å²) in [6.07, 6.45) is 3.11. The van der Waals surface area contributed by atoms with Crippen LogP contribution >= 0.6 is 11.8 Å². The molecule has 0 atom stereocenters. The minimum atomic E-state index is -0.792. The van der Waals surface area contributed by atoms with Crippen LogP contribution in [0.4, 0.5) is 14.5 Å². The maximum Gasteiger partial charge on any atom is 0.266 e. The first-order valence-corrected chi connectivity index (χ1v) is 9.81. The summed E-state index contributed by atoms with van der Waals surface area (Å²) in [5.74, 6) is -2.20. The molecule has 0 aliphatic rings. The van der Waals surface area contributed by atoms with Crippen LogP contribution in [0.15, 0.2) is 76.9 Å². The Balaban J connectivity index is 1.65. The first-order valence-electron chi connectivity index (χ1n) is 8.82. The quantitative estimate of drug-likeness (QED) is 0.390. The molecule has 0 aliphatic heterocycles. The normalized spacial score (nSPS) is 10.9. The Morgan fingerprint density at radius 1 is 1.07 bits per heavy atom. The predicted molar refractivity (Wildman–Crippen MR) is 111 cm³/mol. The van der Waals surface area contributed by atoms with Crippen LogP contribution in [0.3, 0.4) is 0 Å². The number of carbonyl (C=O) groups is 1. The number of anilines is 1. The molecule has 0 bridgehead atoms. The second kappa shape index (κ2) is 8.42. The Hall–Kier alpha value is -3.59. The Bertz CT molecular complexity index is 1280. The number of fused-ring (bicyclic) bond motifs is 1. The van der Waals surface area contributed by atoms with Crippen molar-refractivity contribution in [3.8, 4) is 5.69 Å². The number of para-hydroxylation sites is 1. The molecule has 1 amide bonds. The molecule has 30 heavy (non-hydrogen) atoms. The number of benzene rings is 2. The Morgan fingerprint density at radius 3 is 2.57 bits per heavy atom. The number of aromatic nitrogens is 3. The maximum absolute atomic E-state index is 13.3. The molecule has 1 N–H and O–H groups in total. The van der Waals surface area contributed by atoms with E-state index < -0.39 is 17.5 Å². The van der Waals surface area contributed by atoms with E-state index in [9.17, 15) is 18.4 Å². The molecule has 0 unspecified atom stereocenters. The van der Waals surface area contributed by atoms with Crippen LogP contribution in [0.25, 0.3) is 16.6 Å². The van der Waals surface area contributed by atoms with E-state index in [4.69, 9.17) is 0 Å². The van der Waals surface area contributed by atoms with E-state index in [0.29, 0.717) is 21.7 Å². The summed E-state index contributed by atoms with van der Waals surface area (Å²) in [5, 5.41) is 3.17. The summed E-state index contributed by atoms with van der Waals surface area (Å²) in [7, 11) is 0. The van der Waals surface area contributed by atoms with E-state index in [0.717, 1.165) is 30.0 Å². The predicted octanol–water partition coefficient (Wildman–Crippen LogP) is 3.79. The summed E-state index contributed by atoms with van der Waals surface area (Å²) in [5.41, 5.74) is 0.728. The number of halogens is 2. The fraction of sp³-hybridized carbons (Fsp3) is 0.0476. The standard InChI is InChI=1S/C21H14F2N4O2S/c22-13-8-14(23)10-15(9-13)25-19(28)12-30-21-26-18-6-2-1-5-17(18)20(29)27(21)16-4-3-7-24-11-16/h1-11H,12H2,(H,25,28). The first kappa shape index (κ1) is 19.7. The second-order valence-corrected chi connectivity index (χ2v) is 7.20. The molecule has 2 aromatic heterocycles. The summed E-state index contributed by atoms with van der Waals surface area (Å²) in [6.45, 7) is 0. The first-order chi connectivity index (χ1) is 14.5. The second-order valence-electron chi connectivity index (χ2n) is 6.26. The van der Waals surface area contributed by atoms with Crippen molar-refractivity contribution >= 4 is 34.3 Å². The van der Waals surface area contributed by atoms with Crippen LogP contribution < -0.4 is 10.9 Å². The third-order valence-electron chi connectivity index (χ3n) is 4.13. The van der Waals surface area contributed by atoms with Crippen molar-refractivity contribution < 1.29 is 13.6 Å². The van der Waals surface area contributed by atoms with Gasteiger partial charge in [0, 0.05) is 18.0 Å². The SMILES string of the molecule is O=C(CSc1nc2ccccc2c(=O)n1-c1cccnc1)Nc1cc(F)cc(F)c1. The van der Waals surface area contributed by atoms with Gasteiger partial charge in [0.25, 0.3) is 5.56 Å². The van der Waals surface area contributed by atoms with Gasteiger partial charge in [0.05, 0.1) is 28.5 Å². The number of pyridine rings is 1. The van der Waals surface area contributed by atoms with E-state index in [-0.39, 0.29) is 17.0 Å². The van der Waals surface area contributed by atoms with Gasteiger partial charge in [0.1, 0.15) is 11.6 Å². The van der Waals surface area contributed by atoms with Crippen LogP contribution in [-0.2, 0) is 4.79 Å². The van der Waals surface area contributed by atoms with Gasteiger partial charge in [0.15, 0.2) is 5.16 Å². The van der Waals surface area contributed by atoms with Crippen LogP contribution in [0.5, 0.6) is 0 Å². The third kappa shape index (κ3) is 4.20. The summed E-state index contributed by atoms with van der Waals surface area (Å²) >= 11 is 1.03. The topological polar surface area (TPSA) is 76.9 Å². The highest BCUT2D eigenvalue weighted by molar-refractivity contribution is 7.99. The number of carbonyl (C=O) groups excluding carboxylic acids is 1. The van der Waals surface area contributed by atoms with Crippen molar-refractivity contribution in [1.82, 2.24) is 14.5 Å². The molecule has 0 spiro atoms. The van der Waals surface area contributed by atoms with Crippen LogP contribution in [0.1, 0.15) is 0 Å². The van der Waals surface area contributed by atoms with E-state index in [2.05, 4.69) is 15.3 Å². The number of hydrogen-bond acceptors (Lipinski definition) is 5. The minimum Gasteiger partial charge on any atom is -0.325 e. The zero-order valence-corrected chi connectivity index (χ0v) is 16.2. The van der Waals surface area contributed by atoms with E-state index in [1.165, 1.54) is 10.8 Å². The smallest absolute Gasteiger partial charge is 0.266 e. The number of nitrogens with one attached hydrogen (secondary N) is 1. The maximum atomic E-state index is 13.3. The average molecular weight is 424 g/mol. The van der Waals surface area contributed by atoms with E-state index >= 15 is 0 Å². The molecular weight excluding hydrogens is 410 g/mol. The van der Waals surface area contributed by atoms with Gasteiger partial charge >= 0.3 is 0 Å². The van der Waals surface area contributed by atoms with Gasteiger partial charge in [-0.2, -0.15) is 0 Å². The Labute approximate surface area is 173 Å². The van der Waals surface area contributed by atoms with Crippen molar-refractivity contribution in [2.24, 2.45) is 0 Å². The van der Waals surface area contributed by atoms with Crippen LogP contribution in [-0.4, -0.2) is 26.2 Å². The van der Waals surface area contributed by atoms with Gasteiger partial charge < -0.3 is 5.32 Å². The van der Waals surface area contributed by atoms with Crippen molar-refractivity contribution in [3.63, 3.8) is 0 Å². The molecule has 0 fully saturated rings. The number of rotatable bonds is 5. The highest BCUT2D eigenvalue weighted by Gasteiger charge is 2.15. The molecule has 0 saturated carbocycles. The van der Waals surface area contributed by atoms with E-state index in [1.54, 1.807) is 42.6 Å². The minimum absolute atomic E-state index is 0.00854. The number of amides is 1. The molecule has 2 heterocycles. The lowest BCUT2D eigenvalue weighted by Gasteiger charge is -2.13. The molecule has 4 rings (SSSR count). The summed E-state index contributed by atoms with van der Waals surface area (Å²) < 4.78 is 28.0. The van der Waals surface area contributed by atoms with Crippen molar-refractivity contribution in [3.05, 3.63) is 89.0 Å². The van der Waals surface area contributed by atoms with Crippen LogP contribution in [0.2, 0.25) is 0 Å². The van der Waals surface area contributed by atoms with Gasteiger partial charge in [-0.05, 0) is 36.4 Å². The zero-order valence-electron chi connectivity index (χ0n) is 15.4. The highest BCUT2D eigenvalue weighted by Crippen LogP contribution is 2.21. The lowest BCUT2D eigenvalue weighted by molar-refractivity contribution is -0.113. The lowest BCUT2D eigenvalue weighted by atomic mass is 10.2. The van der Waals surface area contributed by atoms with Crippen molar-refractivity contribution in [2.45, 2.75) is 5.16 Å². The number of nitrogens with zero attached hydrogens (tertiary/aromatic N) is 3. The Morgan fingerprint density at radius 2 is 1.83 bits per heavy atom. The number of thioether (sulfide) groups is 1. The molecule has 0 aliphatic carbocycles. The van der Waals surface area contributed by atoms with Gasteiger partial charge in [-0.15, -0.1) is 0 Å². The molecular formula is C21H14F2N4O2S. The summed E-state index contributed by atoms with van der Waals surface area (Å²) in [4.78, 5) is 33.9. The molecule has 9 heteroatoms. The largest absolute Gasteiger partial charge is 0.325 e. The molecule has 0 radical (unpaired) electrons. The van der Waals surface area contributed by atoms with E-state index in [1.807, 2.05) is 0 Å². The lowest BCUT2D eigenvalue weighted by Crippen LogP contribution is -2.23. The monoisotopic (exact) mass is 424 g/mol. The van der Waals surface area contributed by atoms with Gasteiger partial charge in [-0.3, -0.25) is 19.1 Å². The molecule has 150 valence electrons. The van der Waals surface area contributed by atoms with Gasteiger partial charge in [0.2, 0.25) is 5.91 Å². The van der Waals surface area contributed by atoms with Crippen molar-refractivity contribution in [1.29, 1.82) is 0 Å². The molecule has 2 aromatic carbocycles. The number of hydrogen-bond donors (Lipinski definition) is 1. The highest BCUT2D eigenvalue weighted by atomic mass is 32.2. The molecule has 4 aromatic rings. The molecule has 0 saturated heterocycles. The Kier molecular flexibility index (Phi) is 5.53. The van der Waals surface area contributed by atoms with Crippen LogP contribution in [0, 0.1) is 11.6 Å².